The van der Waals surface area contributed by atoms with E-state index in [4.69, 9.17) is 0 Å². The first-order valence-electron chi connectivity index (χ1n) is 7.43. The number of fused-ring (bicyclic) bond motifs is 1. The predicted molar refractivity (Wildman–Crippen MR) is 88.1 cm³/mol. The molecule has 1 aromatic rings. The molecule has 7 heteroatoms. The maximum Gasteiger partial charge on any atom is 0.261 e. The topological polar surface area (TPSA) is 69.7 Å². The maximum atomic E-state index is 12.6. The molecule has 23 heavy (non-hydrogen) atoms. The highest BCUT2D eigenvalue weighted by molar-refractivity contribution is 6.21. The van der Waals surface area contributed by atoms with Crippen molar-refractivity contribution in [3.63, 3.8) is 0 Å². The van der Waals surface area contributed by atoms with E-state index in [1.165, 1.54) is 7.05 Å². The molecule has 124 valence electrons. The van der Waals surface area contributed by atoms with E-state index in [9.17, 15) is 14.4 Å². The van der Waals surface area contributed by atoms with E-state index >= 15 is 0 Å². The number of rotatable bonds is 3. The van der Waals surface area contributed by atoms with Crippen LogP contribution in [0.1, 0.15) is 37.5 Å². The molecular weight excluding hydrogens is 318 g/mol. The number of nitrogens with one attached hydrogen (secondary N) is 1. The van der Waals surface area contributed by atoms with Gasteiger partial charge >= 0.3 is 0 Å². The Labute approximate surface area is 141 Å². The summed E-state index contributed by atoms with van der Waals surface area (Å²) in [5.41, 5.74) is 1.17. The predicted octanol–water partition coefficient (Wildman–Crippen LogP) is 1.02. The summed E-state index contributed by atoms with van der Waals surface area (Å²) < 4.78 is 0. The van der Waals surface area contributed by atoms with Crippen LogP contribution in [-0.4, -0.2) is 61.3 Å². The van der Waals surface area contributed by atoms with Crippen molar-refractivity contribution in [1.82, 2.24) is 15.1 Å². The molecule has 1 fully saturated rings. The van der Waals surface area contributed by atoms with Crippen LogP contribution in [0.25, 0.3) is 0 Å². The van der Waals surface area contributed by atoms with Gasteiger partial charge in [-0.2, -0.15) is 0 Å². The standard InChI is InChI=1S/C16H19N3O3.ClH/c1-17-8-10-5-6-19(9-10)14(20)11-3-4-12-13(7-11)16(22)18(2)15(12)21;/h3-4,7,10,17H,5-6,8-9H2,1-2H3;1H. The molecule has 1 saturated heterocycles. The van der Waals surface area contributed by atoms with Crippen molar-refractivity contribution in [1.29, 1.82) is 0 Å². The van der Waals surface area contributed by atoms with Gasteiger partial charge in [-0.25, -0.2) is 0 Å². The summed E-state index contributed by atoms with van der Waals surface area (Å²) in [6.45, 7) is 2.35. The Morgan fingerprint density at radius 1 is 1.26 bits per heavy atom. The van der Waals surface area contributed by atoms with Crippen molar-refractivity contribution in [3.8, 4) is 0 Å². The third-order valence-electron chi connectivity index (χ3n) is 4.40. The van der Waals surface area contributed by atoms with Crippen molar-refractivity contribution in [2.24, 2.45) is 5.92 Å². The summed E-state index contributed by atoms with van der Waals surface area (Å²) in [7, 11) is 3.36. The average molecular weight is 338 g/mol. The van der Waals surface area contributed by atoms with Gasteiger partial charge in [0.2, 0.25) is 0 Å². The Hall–Kier alpha value is -1.92. The minimum Gasteiger partial charge on any atom is -0.338 e. The second kappa shape index (κ2) is 6.68. The molecule has 1 atom stereocenters. The van der Waals surface area contributed by atoms with Crippen LogP contribution in [0.4, 0.5) is 0 Å². The fourth-order valence-corrected chi connectivity index (χ4v) is 3.15. The van der Waals surface area contributed by atoms with Crippen LogP contribution in [0.5, 0.6) is 0 Å². The number of imide groups is 1. The Morgan fingerprint density at radius 3 is 2.65 bits per heavy atom. The monoisotopic (exact) mass is 337 g/mol. The van der Waals surface area contributed by atoms with E-state index in [2.05, 4.69) is 5.32 Å². The highest BCUT2D eigenvalue weighted by Gasteiger charge is 2.34. The zero-order valence-electron chi connectivity index (χ0n) is 13.2. The number of benzene rings is 1. The van der Waals surface area contributed by atoms with E-state index in [1.807, 2.05) is 11.9 Å². The zero-order valence-corrected chi connectivity index (χ0v) is 14.0. The molecule has 1 aromatic carbocycles. The van der Waals surface area contributed by atoms with Gasteiger partial charge in [0.1, 0.15) is 0 Å². The molecule has 3 rings (SSSR count). The molecule has 1 unspecified atom stereocenters. The lowest BCUT2D eigenvalue weighted by Gasteiger charge is -2.17. The van der Waals surface area contributed by atoms with Crippen molar-refractivity contribution in [2.75, 3.05) is 33.7 Å². The SMILES string of the molecule is CNCC1CCN(C(=O)c2ccc3c(c2)C(=O)N(C)C3=O)C1.Cl. The third-order valence-corrected chi connectivity index (χ3v) is 4.40. The van der Waals surface area contributed by atoms with Gasteiger partial charge in [-0.05, 0) is 44.1 Å². The van der Waals surface area contributed by atoms with E-state index in [0.29, 0.717) is 22.6 Å². The molecule has 0 bridgehead atoms. The Morgan fingerprint density at radius 2 is 1.96 bits per heavy atom. The number of amides is 3. The number of halogens is 1. The zero-order chi connectivity index (χ0) is 15.9. The molecule has 0 spiro atoms. The summed E-state index contributed by atoms with van der Waals surface area (Å²) in [4.78, 5) is 39.3. The van der Waals surface area contributed by atoms with E-state index in [1.54, 1.807) is 18.2 Å². The number of carbonyl (C=O) groups is 3. The molecule has 0 aliphatic carbocycles. The second-order valence-electron chi connectivity index (χ2n) is 5.89. The molecular formula is C16H20ClN3O3. The van der Waals surface area contributed by atoms with Crippen LogP contribution in [0.3, 0.4) is 0 Å². The van der Waals surface area contributed by atoms with Crippen molar-refractivity contribution < 1.29 is 14.4 Å². The molecule has 0 radical (unpaired) electrons. The van der Waals surface area contributed by atoms with Gasteiger partial charge in [0.25, 0.3) is 17.7 Å². The molecule has 3 amide bonds. The van der Waals surface area contributed by atoms with Gasteiger partial charge in [0, 0.05) is 25.7 Å². The van der Waals surface area contributed by atoms with Gasteiger partial charge in [-0.15, -0.1) is 12.4 Å². The summed E-state index contributed by atoms with van der Waals surface area (Å²) in [5, 5.41) is 3.13. The Balaban J connectivity index is 0.00000192. The number of likely N-dealkylation sites (tertiary alicyclic amines) is 1. The Bertz CT molecular complexity index is 662. The third kappa shape index (κ3) is 2.96. The van der Waals surface area contributed by atoms with Crippen molar-refractivity contribution in [2.45, 2.75) is 6.42 Å². The van der Waals surface area contributed by atoms with Gasteiger partial charge in [-0.3, -0.25) is 19.3 Å². The number of nitrogens with zero attached hydrogens (tertiary/aromatic N) is 2. The fraction of sp³-hybridized carbons (Fsp3) is 0.438. The van der Waals surface area contributed by atoms with Gasteiger partial charge < -0.3 is 10.2 Å². The lowest BCUT2D eigenvalue weighted by atomic mass is 10.0. The van der Waals surface area contributed by atoms with E-state index in [-0.39, 0.29) is 30.1 Å². The highest BCUT2D eigenvalue weighted by Crippen LogP contribution is 2.24. The number of hydrogen-bond acceptors (Lipinski definition) is 4. The minimum atomic E-state index is -0.343. The van der Waals surface area contributed by atoms with E-state index in [0.717, 1.165) is 31.0 Å². The van der Waals surface area contributed by atoms with Crippen molar-refractivity contribution in [3.05, 3.63) is 34.9 Å². The lowest BCUT2D eigenvalue weighted by Crippen LogP contribution is -2.30. The smallest absolute Gasteiger partial charge is 0.261 e. The summed E-state index contributed by atoms with van der Waals surface area (Å²) >= 11 is 0. The average Bonchev–Trinajstić information content (AvgIpc) is 3.07. The van der Waals surface area contributed by atoms with Gasteiger partial charge in [-0.1, -0.05) is 0 Å². The number of carbonyl (C=O) groups excluding carboxylic acids is 3. The van der Waals surface area contributed by atoms with Gasteiger partial charge in [0.15, 0.2) is 0 Å². The van der Waals surface area contributed by atoms with Gasteiger partial charge in [0.05, 0.1) is 11.1 Å². The largest absolute Gasteiger partial charge is 0.338 e. The molecule has 6 nitrogen and oxygen atoms in total. The lowest BCUT2D eigenvalue weighted by molar-refractivity contribution is 0.0692. The molecule has 2 aliphatic rings. The summed E-state index contributed by atoms with van der Waals surface area (Å²) in [6.07, 6.45) is 0.984. The second-order valence-corrected chi connectivity index (χ2v) is 5.89. The van der Waals surface area contributed by atoms with Crippen LogP contribution in [-0.2, 0) is 0 Å². The summed E-state index contributed by atoms with van der Waals surface area (Å²) in [6, 6.07) is 4.76. The summed E-state index contributed by atoms with van der Waals surface area (Å²) in [5.74, 6) is -0.257. The number of hydrogen-bond donors (Lipinski definition) is 1. The van der Waals surface area contributed by atoms with E-state index < -0.39 is 0 Å². The first-order chi connectivity index (χ1) is 10.5. The first kappa shape index (κ1) is 17.4. The van der Waals surface area contributed by atoms with Crippen LogP contribution >= 0.6 is 12.4 Å². The first-order valence-corrected chi connectivity index (χ1v) is 7.43. The molecule has 1 N–H and O–H groups in total. The fourth-order valence-electron chi connectivity index (χ4n) is 3.15. The van der Waals surface area contributed by atoms with Crippen LogP contribution in [0.15, 0.2) is 18.2 Å². The van der Waals surface area contributed by atoms with Crippen LogP contribution in [0.2, 0.25) is 0 Å². The minimum absolute atomic E-state index is 0. The van der Waals surface area contributed by atoms with Crippen LogP contribution in [0, 0.1) is 5.92 Å². The normalized spacial score (nSPS) is 19.8. The Kier molecular flexibility index (Phi) is 5.06. The molecule has 2 heterocycles. The maximum absolute atomic E-state index is 12.6. The quantitative estimate of drug-likeness (QED) is 0.836. The van der Waals surface area contributed by atoms with Crippen molar-refractivity contribution >= 4 is 30.1 Å². The molecule has 2 aliphatic heterocycles. The van der Waals surface area contributed by atoms with Crippen LogP contribution < -0.4 is 5.32 Å². The molecule has 0 aromatic heterocycles. The highest BCUT2D eigenvalue weighted by atomic mass is 35.5. The molecule has 0 saturated carbocycles.